The first kappa shape index (κ1) is 18.4. The molecule has 166 valence electrons. The summed E-state index contributed by atoms with van der Waals surface area (Å²) in [5.74, 6) is 0. The van der Waals surface area contributed by atoms with Crippen LogP contribution in [-0.4, -0.2) is 18.9 Å². The summed E-state index contributed by atoms with van der Waals surface area (Å²) in [4.78, 5) is 10.3. The molecule has 4 heterocycles. The molecule has 4 aromatic heterocycles. The Bertz CT molecular complexity index is 2310. The van der Waals surface area contributed by atoms with Crippen molar-refractivity contribution in [2.24, 2.45) is 0 Å². The van der Waals surface area contributed by atoms with Gasteiger partial charge in [-0.05, 0) is 42.5 Å². The van der Waals surface area contributed by atoms with Crippen LogP contribution in [0.5, 0.6) is 0 Å². The summed E-state index contributed by atoms with van der Waals surface area (Å²) in [6.07, 6.45) is 0. The van der Waals surface area contributed by atoms with E-state index in [1.807, 2.05) is 24.3 Å². The van der Waals surface area contributed by atoms with Gasteiger partial charge in [0.25, 0.3) is 0 Å². The van der Waals surface area contributed by atoms with Gasteiger partial charge in [-0.25, -0.2) is 9.97 Å². The monoisotopic (exact) mass is 458 g/mol. The van der Waals surface area contributed by atoms with Crippen LogP contribution in [0.25, 0.3) is 76.9 Å². The molecule has 0 aliphatic carbocycles. The highest BCUT2D eigenvalue weighted by Gasteiger charge is 2.25. The zero-order valence-corrected chi connectivity index (χ0v) is 19.2. The Morgan fingerprint density at radius 2 is 1.14 bits per heavy atom. The average Bonchev–Trinajstić information content (AvgIpc) is 3.56. The molecule has 0 N–H and O–H groups in total. The number of rotatable bonds is 1. The van der Waals surface area contributed by atoms with Crippen LogP contribution in [0.15, 0.2) is 109 Å². The van der Waals surface area contributed by atoms with Crippen LogP contribution in [0.4, 0.5) is 0 Å². The lowest BCUT2D eigenvalue weighted by Crippen LogP contribution is -1.93. The average molecular weight is 459 g/mol. The number of fused-ring (bicyclic) bond motifs is 11. The second-order valence-corrected chi connectivity index (χ2v) is 9.47. The molecule has 0 saturated heterocycles. The van der Waals surface area contributed by atoms with Crippen LogP contribution in [0.2, 0.25) is 0 Å². The van der Waals surface area contributed by atoms with Crippen molar-refractivity contribution in [3.05, 3.63) is 109 Å². The van der Waals surface area contributed by atoms with Gasteiger partial charge in [-0.1, -0.05) is 66.7 Å². The van der Waals surface area contributed by atoms with Gasteiger partial charge in [0, 0.05) is 32.6 Å². The Morgan fingerprint density at radius 3 is 1.94 bits per heavy atom. The highest BCUT2D eigenvalue weighted by molar-refractivity contribution is 6.35. The van der Waals surface area contributed by atoms with E-state index in [2.05, 4.69) is 93.9 Å². The van der Waals surface area contributed by atoms with E-state index in [0.29, 0.717) is 0 Å². The van der Waals surface area contributed by atoms with E-state index in [0.717, 1.165) is 33.3 Å². The first-order chi connectivity index (χ1) is 17.9. The van der Waals surface area contributed by atoms with Crippen molar-refractivity contribution in [2.45, 2.75) is 0 Å². The standard InChI is InChI=1S/C32H18N4/c1-2-10-19(11-3-1)35-25-16-8-4-12-20(25)28-27(35)18-22-30-32(34-24-15-7-6-14-23(24)33-30)36-26-17-9-5-13-21(26)29(28)31(22)36/h1-18H. The molecule has 0 saturated carbocycles. The van der Waals surface area contributed by atoms with Crippen LogP contribution >= 0.6 is 0 Å². The first-order valence-corrected chi connectivity index (χ1v) is 12.2. The molecule has 9 rings (SSSR count). The summed E-state index contributed by atoms with van der Waals surface area (Å²) in [5.41, 5.74) is 9.62. The fourth-order valence-corrected chi connectivity index (χ4v) is 6.20. The number of nitrogens with zero attached hydrogens (tertiary/aromatic N) is 4. The van der Waals surface area contributed by atoms with Crippen molar-refractivity contribution < 1.29 is 0 Å². The summed E-state index contributed by atoms with van der Waals surface area (Å²) in [5, 5.41) is 6.19. The Labute approximate surface area is 205 Å². The van der Waals surface area contributed by atoms with E-state index in [-0.39, 0.29) is 0 Å². The van der Waals surface area contributed by atoms with Gasteiger partial charge in [0.05, 0.1) is 33.1 Å². The maximum Gasteiger partial charge on any atom is 0.165 e. The van der Waals surface area contributed by atoms with Gasteiger partial charge < -0.3 is 4.57 Å². The van der Waals surface area contributed by atoms with Gasteiger partial charge in [0.1, 0.15) is 5.52 Å². The van der Waals surface area contributed by atoms with Crippen molar-refractivity contribution in [3.8, 4) is 5.69 Å². The second kappa shape index (κ2) is 6.37. The van der Waals surface area contributed by atoms with Gasteiger partial charge in [-0.2, -0.15) is 0 Å². The predicted octanol–water partition coefficient (Wildman–Crippen LogP) is 7.88. The predicted molar refractivity (Wildman–Crippen MR) is 149 cm³/mol. The van der Waals surface area contributed by atoms with Crippen molar-refractivity contribution in [2.75, 3.05) is 0 Å². The minimum atomic E-state index is 0.915. The molecule has 0 amide bonds. The molecule has 0 bridgehead atoms. The summed E-state index contributed by atoms with van der Waals surface area (Å²) in [6, 6.07) is 38.5. The molecule has 0 aliphatic rings. The molecule has 0 fully saturated rings. The van der Waals surface area contributed by atoms with E-state index in [1.54, 1.807) is 0 Å². The van der Waals surface area contributed by atoms with Crippen LogP contribution in [0, 0.1) is 0 Å². The Kier molecular flexibility index (Phi) is 3.25. The molecule has 4 heteroatoms. The maximum atomic E-state index is 5.15. The number of benzene rings is 5. The Morgan fingerprint density at radius 1 is 0.500 bits per heavy atom. The largest absolute Gasteiger partial charge is 0.309 e. The van der Waals surface area contributed by atoms with Crippen LogP contribution in [0.3, 0.4) is 0 Å². The SMILES string of the molecule is c1ccc(-n2c3ccccc3c3c4c5ccccc5n5c6nc7ccccc7nc6c(cc32)c45)cc1. The zero-order valence-electron chi connectivity index (χ0n) is 19.2. The van der Waals surface area contributed by atoms with Gasteiger partial charge >= 0.3 is 0 Å². The minimum absolute atomic E-state index is 0.915. The molecule has 0 spiro atoms. The molecule has 4 nitrogen and oxygen atoms in total. The van der Waals surface area contributed by atoms with E-state index in [9.17, 15) is 0 Å². The molecular formula is C32H18N4. The lowest BCUT2D eigenvalue weighted by Gasteiger charge is -2.08. The van der Waals surface area contributed by atoms with Gasteiger partial charge in [-0.15, -0.1) is 0 Å². The Balaban J connectivity index is 1.65. The van der Waals surface area contributed by atoms with Crippen LogP contribution in [-0.2, 0) is 0 Å². The molecule has 0 aliphatic heterocycles. The van der Waals surface area contributed by atoms with Gasteiger partial charge in [-0.3, -0.25) is 4.40 Å². The summed E-state index contributed by atoms with van der Waals surface area (Å²) in [7, 11) is 0. The molecule has 0 atom stereocenters. The van der Waals surface area contributed by atoms with Crippen molar-refractivity contribution in [3.63, 3.8) is 0 Å². The van der Waals surface area contributed by atoms with Gasteiger partial charge in [0.15, 0.2) is 5.65 Å². The zero-order chi connectivity index (χ0) is 23.4. The topological polar surface area (TPSA) is 35.1 Å². The van der Waals surface area contributed by atoms with E-state index in [1.165, 1.54) is 43.6 Å². The Hall–Kier alpha value is -4.96. The number of hydrogen-bond donors (Lipinski definition) is 0. The smallest absolute Gasteiger partial charge is 0.165 e. The molecule has 9 aromatic rings. The number of aromatic nitrogens is 4. The quantitative estimate of drug-likeness (QED) is 0.251. The fraction of sp³-hybridized carbons (Fsp3) is 0. The van der Waals surface area contributed by atoms with Crippen molar-refractivity contribution in [1.82, 2.24) is 18.9 Å². The van der Waals surface area contributed by atoms with Crippen LogP contribution < -0.4 is 0 Å². The second-order valence-electron chi connectivity index (χ2n) is 9.47. The molecule has 5 aromatic carbocycles. The number of hydrogen-bond acceptors (Lipinski definition) is 2. The van der Waals surface area contributed by atoms with Crippen molar-refractivity contribution >= 4 is 71.2 Å². The molecule has 36 heavy (non-hydrogen) atoms. The highest BCUT2D eigenvalue weighted by Crippen LogP contribution is 2.46. The molecule has 0 unspecified atom stereocenters. The molecular weight excluding hydrogens is 440 g/mol. The summed E-state index contributed by atoms with van der Waals surface area (Å²) >= 11 is 0. The lowest BCUT2D eigenvalue weighted by molar-refractivity contribution is 1.18. The third-order valence-electron chi connectivity index (χ3n) is 7.61. The number of para-hydroxylation sites is 5. The first-order valence-electron chi connectivity index (χ1n) is 12.2. The third-order valence-corrected chi connectivity index (χ3v) is 7.61. The summed E-state index contributed by atoms with van der Waals surface area (Å²) < 4.78 is 4.71. The van der Waals surface area contributed by atoms with E-state index < -0.39 is 0 Å². The summed E-state index contributed by atoms with van der Waals surface area (Å²) in [6.45, 7) is 0. The van der Waals surface area contributed by atoms with Gasteiger partial charge in [0.2, 0.25) is 0 Å². The maximum absolute atomic E-state index is 5.15. The fourth-order valence-electron chi connectivity index (χ4n) is 6.20. The van der Waals surface area contributed by atoms with E-state index >= 15 is 0 Å². The normalized spacial score (nSPS) is 12.4. The van der Waals surface area contributed by atoms with Crippen LogP contribution in [0.1, 0.15) is 0 Å². The van der Waals surface area contributed by atoms with Crippen molar-refractivity contribution in [1.29, 1.82) is 0 Å². The molecule has 0 radical (unpaired) electrons. The minimum Gasteiger partial charge on any atom is -0.309 e. The highest BCUT2D eigenvalue weighted by atomic mass is 15.0. The lowest BCUT2D eigenvalue weighted by atomic mass is 10.0. The third kappa shape index (κ3) is 2.11. The van der Waals surface area contributed by atoms with E-state index in [4.69, 9.17) is 9.97 Å².